The van der Waals surface area contributed by atoms with Gasteiger partial charge in [0.1, 0.15) is 11.7 Å². The van der Waals surface area contributed by atoms with Crippen molar-refractivity contribution in [2.24, 2.45) is 5.18 Å². The van der Waals surface area contributed by atoms with Gasteiger partial charge in [-0.1, -0.05) is 84.9 Å². The smallest absolute Gasteiger partial charge is 0.245 e. The van der Waals surface area contributed by atoms with Crippen molar-refractivity contribution in [3.05, 3.63) is 113 Å². The number of anilines is 1. The van der Waals surface area contributed by atoms with Crippen molar-refractivity contribution >= 4 is 34.0 Å². The number of rotatable bonds is 17. The molecule has 230 valence electrons. The summed E-state index contributed by atoms with van der Waals surface area (Å²) in [6, 6.07) is 29.7. The molecule has 0 fully saturated rings. The average molecular weight is 597 g/mol. The highest BCUT2D eigenvalue weighted by Crippen LogP contribution is 2.24. The molecule has 0 heterocycles. The number of carbonyl (C=O) groups is 2. The molecule has 0 unspecified atom stereocenters. The van der Waals surface area contributed by atoms with E-state index in [1.54, 1.807) is 29.2 Å². The predicted octanol–water partition coefficient (Wildman–Crippen LogP) is 6.20. The fourth-order valence-electron chi connectivity index (χ4n) is 5.12. The molecule has 2 amide bonds. The third-order valence-electron chi connectivity index (χ3n) is 7.21. The first-order valence-corrected chi connectivity index (χ1v) is 15.0. The van der Waals surface area contributed by atoms with E-state index in [2.05, 4.69) is 15.8 Å². The molecule has 9 heteroatoms. The van der Waals surface area contributed by atoms with Crippen molar-refractivity contribution in [1.82, 2.24) is 10.2 Å². The van der Waals surface area contributed by atoms with E-state index >= 15 is 0 Å². The first-order chi connectivity index (χ1) is 21.5. The molecule has 44 heavy (non-hydrogen) atoms. The summed E-state index contributed by atoms with van der Waals surface area (Å²) < 4.78 is 11.7. The quantitative estimate of drug-likeness (QED) is 0.111. The molecule has 0 spiro atoms. The van der Waals surface area contributed by atoms with Gasteiger partial charge >= 0.3 is 0 Å². The fourth-order valence-corrected chi connectivity index (χ4v) is 5.12. The minimum Gasteiger partial charge on any atom is -0.383 e. The highest BCUT2D eigenvalue weighted by Gasteiger charge is 2.29. The van der Waals surface area contributed by atoms with Crippen LogP contribution in [0.4, 0.5) is 11.4 Å². The zero-order chi connectivity index (χ0) is 31.1. The Balaban J connectivity index is 1.57. The number of amides is 2. The third kappa shape index (κ3) is 9.20. The molecule has 4 aromatic carbocycles. The zero-order valence-electron chi connectivity index (χ0n) is 25.3. The Kier molecular flexibility index (Phi) is 12.4. The summed E-state index contributed by atoms with van der Waals surface area (Å²) in [5, 5.41) is 11.2. The predicted molar refractivity (Wildman–Crippen MR) is 173 cm³/mol. The number of ether oxygens (including phenoxy) is 2. The van der Waals surface area contributed by atoms with Crippen LogP contribution in [0, 0.1) is 4.91 Å². The maximum absolute atomic E-state index is 14.4. The lowest BCUT2D eigenvalue weighted by atomic mass is 10.0. The lowest BCUT2D eigenvalue weighted by Gasteiger charge is -2.31. The van der Waals surface area contributed by atoms with Crippen LogP contribution in [0.15, 0.2) is 102 Å². The highest BCUT2D eigenvalue weighted by molar-refractivity contribution is 5.89. The Morgan fingerprint density at radius 2 is 1.52 bits per heavy atom. The van der Waals surface area contributed by atoms with E-state index < -0.39 is 12.3 Å². The second-order valence-corrected chi connectivity index (χ2v) is 10.3. The van der Waals surface area contributed by atoms with Crippen molar-refractivity contribution in [2.75, 3.05) is 31.6 Å². The number of fused-ring (bicyclic) bond motifs is 1. The molecular formula is C35H40N4O5. The molecule has 0 aliphatic heterocycles. The van der Waals surface area contributed by atoms with Crippen LogP contribution in [0.5, 0.6) is 0 Å². The van der Waals surface area contributed by atoms with Gasteiger partial charge in [0.2, 0.25) is 11.8 Å². The van der Waals surface area contributed by atoms with Crippen molar-refractivity contribution in [3.8, 4) is 0 Å². The number of para-hydroxylation sites is 1. The summed E-state index contributed by atoms with van der Waals surface area (Å²) >= 11 is 0. The highest BCUT2D eigenvalue weighted by atomic mass is 16.7. The fraction of sp³-hybridized carbons (Fsp3) is 0.314. The topological polar surface area (TPSA) is 109 Å². The lowest BCUT2D eigenvalue weighted by molar-refractivity contribution is -0.161. The molecule has 4 aromatic rings. The van der Waals surface area contributed by atoms with E-state index in [1.165, 1.54) is 0 Å². The van der Waals surface area contributed by atoms with Crippen LogP contribution < -0.4 is 10.6 Å². The largest absolute Gasteiger partial charge is 0.383 e. The van der Waals surface area contributed by atoms with Gasteiger partial charge in [0.15, 0.2) is 6.29 Å². The summed E-state index contributed by atoms with van der Waals surface area (Å²) in [5.41, 5.74) is 2.73. The second kappa shape index (κ2) is 16.9. The molecule has 0 aliphatic carbocycles. The van der Waals surface area contributed by atoms with Gasteiger partial charge in [0.25, 0.3) is 0 Å². The van der Waals surface area contributed by atoms with Gasteiger partial charge in [-0.2, -0.15) is 0 Å². The van der Waals surface area contributed by atoms with Gasteiger partial charge in [-0.3, -0.25) is 9.59 Å². The van der Waals surface area contributed by atoms with E-state index in [-0.39, 0.29) is 37.0 Å². The Labute approximate surface area is 258 Å². The van der Waals surface area contributed by atoms with Crippen LogP contribution in [0.25, 0.3) is 10.8 Å². The Bertz CT molecular complexity index is 1500. The van der Waals surface area contributed by atoms with Crippen LogP contribution >= 0.6 is 0 Å². The summed E-state index contributed by atoms with van der Waals surface area (Å²) in [5.74, 6) is -0.525. The van der Waals surface area contributed by atoms with Gasteiger partial charge in [0.05, 0.1) is 12.2 Å². The van der Waals surface area contributed by atoms with E-state index in [1.807, 2.05) is 86.6 Å². The number of hydrogen-bond donors (Lipinski definition) is 2. The normalized spacial score (nSPS) is 11.7. The molecule has 0 saturated heterocycles. The maximum atomic E-state index is 14.4. The van der Waals surface area contributed by atoms with Crippen LogP contribution in [0.1, 0.15) is 31.4 Å². The maximum Gasteiger partial charge on any atom is 0.245 e. The number of hydrogen-bond acceptors (Lipinski definition) is 7. The van der Waals surface area contributed by atoms with E-state index in [4.69, 9.17) is 9.47 Å². The minimum atomic E-state index is -0.826. The standard InChI is InChI=1S/C35H40N4O5/c1-3-43-34(44-4-2)25-39(24-28-17-12-16-27-15-8-9-18-29(27)28)35(41)32(23-26-13-6-5-7-14-26)37-33(40)21-22-36-30-19-10-11-20-31(30)38-42/h5-20,32,34,36H,3-4,21-25H2,1-2H3,(H,37,40)/t32-/m0/s1. The number of benzene rings is 4. The van der Waals surface area contributed by atoms with Crippen molar-refractivity contribution < 1.29 is 19.1 Å². The van der Waals surface area contributed by atoms with E-state index in [9.17, 15) is 14.5 Å². The molecule has 0 aromatic heterocycles. The van der Waals surface area contributed by atoms with Gasteiger partial charge in [-0.15, -0.1) is 4.91 Å². The molecule has 9 nitrogen and oxygen atoms in total. The Morgan fingerprint density at radius 3 is 2.27 bits per heavy atom. The van der Waals surface area contributed by atoms with Crippen LogP contribution in [0.3, 0.4) is 0 Å². The number of nitrogens with one attached hydrogen (secondary N) is 2. The average Bonchev–Trinajstić information content (AvgIpc) is 3.05. The molecule has 4 rings (SSSR count). The molecule has 0 saturated carbocycles. The summed E-state index contributed by atoms with van der Waals surface area (Å²) in [6.45, 7) is 5.41. The molecular weight excluding hydrogens is 556 g/mol. The van der Waals surface area contributed by atoms with Gasteiger partial charge in [-0.25, -0.2) is 0 Å². The van der Waals surface area contributed by atoms with Gasteiger partial charge in [0, 0.05) is 39.1 Å². The van der Waals surface area contributed by atoms with Gasteiger partial charge in [-0.05, 0) is 53.1 Å². The zero-order valence-corrected chi connectivity index (χ0v) is 25.3. The van der Waals surface area contributed by atoms with Crippen LogP contribution in [0.2, 0.25) is 0 Å². The Morgan fingerprint density at radius 1 is 0.841 bits per heavy atom. The number of nitrogens with zero attached hydrogens (tertiary/aromatic N) is 2. The molecule has 0 aliphatic rings. The molecule has 0 radical (unpaired) electrons. The first kappa shape index (κ1) is 32.3. The number of carbonyl (C=O) groups excluding carboxylic acids is 2. The van der Waals surface area contributed by atoms with E-state index in [0.717, 1.165) is 21.9 Å². The third-order valence-corrected chi connectivity index (χ3v) is 7.21. The molecule has 1 atom stereocenters. The Hall–Kier alpha value is -4.60. The SMILES string of the molecule is CCOC(CN(Cc1cccc2ccccc12)C(=O)[C@H](Cc1ccccc1)NC(=O)CCNc1ccccc1N=O)OCC. The van der Waals surface area contributed by atoms with Crippen molar-refractivity contribution in [1.29, 1.82) is 0 Å². The summed E-state index contributed by atoms with van der Waals surface area (Å²) in [7, 11) is 0. The molecule has 0 bridgehead atoms. The van der Waals surface area contributed by atoms with Gasteiger partial charge < -0.3 is 25.0 Å². The minimum absolute atomic E-state index is 0.0929. The van der Waals surface area contributed by atoms with E-state index in [0.29, 0.717) is 31.9 Å². The van der Waals surface area contributed by atoms with Crippen molar-refractivity contribution in [2.45, 2.75) is 45.6 Å². The summed E-state index contributed by atoms with van der Waals surface area (Å²) in [4.78, 5) is 40.4. The second-order valence-electron chi connectivity index (χ2n) is 10.3. The summed E-state index contributed by atoms with van der Waals surface area (Å²) in [6.07, 6.45) is -0.209. The number of nitroso groups, excluding NO2 is 1. The lowest BCUT2D eigenvalue weighted by Crippen LogP contribution is -2.51. The van der Waals surface area contributed by atoms with Crippen LogP contribution in [-0.4, -0.2) is 55.3 Å². The van der Waals surface area contributed by atoms with Crippen molar-refractivity contribution in [3.63, 3.8) is 0 Å². The van der Waals surface area contributed by atoms with Crippen LogP contribution in [-0.2, 0) is 32.0 Å². The monoisotopic (exact) mass is 596 g/mol. The molecule has 2 N–H and O–H groups in total. The first-order valence-electron chi connectivity index (χ1n) is 15.0.